The lowest BCUT2D eigenvalue weighted by Gasteiger charge is -2.30. The Bertz CT molecular complexity index is 658. The van der Waals surface area contributed by atoms with Crippen LogP contribution in [0.5, 0.6) is 0 Å². The molecule has 192 valence electrons. The van der Waals surface area contributed by atoms with Crippen molar-refractivity contribution in [1.29, 1.82) is 0 Å². The molecule has 0 radical (unpaired) electrons. The van der Waals surface area contributed by atoms with Crippen LogP contribution in [0, 0.1) is 17.8 Å². The van der Waals surface area contributed by atoms with Gasteiger partial charge in [0.15, 0.2) is 0 Å². The molecule has 1 saturated carbocycles. The van der Waals surface area contributed by atoms with Gasteiger partial charge in [0.25, 0.3) is 0 Å². The average Bonchev–Trinajstić information content (AvgIpc) is 2.89. The van der Waals surface area contributed by atoms with Gasteiger partial charge in [-0.1, -0.05) is 133 Å². The first-order valence-electron chi connectivity index (χ1n) is 15.5. The van der Waals surface area contributed by atoms with Crippen LogP contribution in [0.15, 0.2) is 35.9 Å². The molecular formula is C34H56. The van der Waals surface area contributed by atoms with Crippen molar-refractivity contribution in [2.75, 3.05) is 0 Å². The van der Waals surface area contributed by atoms with Gasteiger partial charge in [-0.05, 0) is 80.2 Å². The third kappa shape index (κ3) is 10.7. The van der Waals surface area contributed by atoms with Gasteiger partial charge in [-0.25, -0.2) is 0 Å². The van der Waals surface area contributed by atoms with Crippen molar-refractivity contribution >= 4 is 0 Å². The minimum atomic E-state index is 0.975. The molecule has 0 nitrogen and oxygen atoms in total. The van der Waals surface area contributed by atoms with Crippen LogP contribution in [0.2, 0.25) is 0 Å². The molecule has 3 rings (SSSR count). The smallest absolute Gasteiger partial charge is 0.0241 e. The standard InChI is InChI=1S/C34H56/c1-3-5-7-9-11-29-13-17-31(18-14-29)21-23-33-25-27-34(28-26-33)24-22-32-19-15-30(16-20-32)12-10-8-6-4-2/h13-14,17-18,25,30,32,34H,3-12,15-16,19-24,26-28H2,1-2H3/t30-,32-,34?. The summed E-state index contributed by atoms with van der Waals surface area (Å²) in [5.41, 5.74) is 4.80. The van der Waals surface area contributed by atoms with E-state index in [9.17, 15) is 0 Å². The zero-order valence-electron chi connectivity index (χ0n) is 23.0. The highest BCUT2D eigenvalue weighted by molar-refractivity contribution is 5.24. The van der Waals surface area contributed by atoms with Crippen LogP contribution in [0.25, 0.3) is 0 Å². The maximum Gasteiger partial charge on any atom is -0.0241 e. The minimum absolute atomic E-state index is 0.975. The molecule has 0 spiro atoms. The lowest BCUT2D eigenvalue weighted by Crippen LogP contribution is -2.16. The highest BCUT2D eigenvalue weighted by Gasteiger charge is 2.22. The fraction of sp³-hybridized carbons (Fsp3) is 0.765. The van der Waals surface area contributed by atoms with Crippen LogP contribution < -0.4 is 0 Å². The van der Waals surface area contributed by atoms with Crippen molar-refractivity contribution in [3.8, 4) is 0 Å². The number of rotatable bonds is 16. The molecule has 1 fully saturated rings. The first-order chi connectivity index (χ1) is 16.8. The van der Waals surface area contributed by atoms with Crippen LogP contribution in [0.1, 0.15) is 147 Å². The van der Waals surface area contributed by atoms with Gasteiger partial charge < -0.3 is 0 Å². The minimum Gasteiger partial charge on any atom is -0.0850 e. The zero-order valence-corrected chi connectivity index (χ0v) is 23.0. The molecule has 0 heteroatoms. The Labute approximate surface area is 213 Å². The Balaban J connectivity index is 1.25. The second-order valence-electron chi connectivity index (χ2n) is 11.9. The van der Waals surface area contributed by atoms with Gasteiger partial charge in [0.1, 0.15) is 0 Å². The topological polar surface area (TPSA) is 0 Å². The summed E-state index contributed by atoms with van der Waals surface area (Å²) in [6.45, 7) is 4.61. The monoisotopic (exact) mass is 464 g/mol. The Morgan fingerprint density at radius 3 is 1.76 bits per heavy atom. The predicted octanol–water partition coefficient (Wildman–Crippen LogP) is 11.0. The van der Waals surface area contributed by atoms with Gasteiger partial charge in [0, 0.05) is 0 Å². The summed E-state index contributed by atoms with van der Waals surface area (Å²) in [6, 6.07) is 9.54. The summed E-state index contributed by atoms with van der Waals surface area (Å²) in [6.07, 6.45) is 32.5. The molecule has 0 bridgehead atoms. The number of aryl methyl sites for hydroxylation is 2. The van der Waals surface area contributed by atoms with Gasteiger partial charge in [-0.2, -0.15) is 0 Å². The van der Waals surface area contributed by atoms with Gasteiger partial charge in [0.2, 0.25) is 0 Å². The van der Waals surface area contributed by atoms with Crippen molar-refractivity contribution < 1.29 is 0 Å². The Morgan fingerprint density at radius 1 is 0.559 bits per heavy atom. The van der Waals surface area contributed by atoms with E-state index in [1.807, 2.05) is 0 Å². The summed E-state index contributed by atoms with van der Waals surface area (Å²) in [4.78, 5) is 0. The highest BCUT2D eigenvalue weighted by Crippen LogP contribution is 2.37. The van der Waals surface area contributed by atoms with Gasteiger partial charge >= 0.3 is 0 Å². The molecule has 0 aliphatic heterocycles. The highest BCUT2D eigenvalue weighted by atomic mass is 14.3. The van der Waals surface area contributed by atoms with Crippen molar-refractivity contribution in [1.82, 2.24) is 0 Å². The van der Waals surface area contributed by atoms with E-state index in [0.717, 1.165) is 17.8 Å². The third-order valence-corrected chi connectivity index (χ3v) is 9.11. The van der Waals surface area contributed by atoms with Gasteiger partial charge in [-0.15, -0.1) is 0 Å². The maximum atomic E-state index is 2.63. The van der Waals surface area contributed by atoms with Crippen molar-refractivity contribution in [3.05, 3.63) is 47.0 Å². The molecule has 34 heavy (non-hydrogen) atoms. The first-order valence-corrected chi connectivity index (χ1v) is 15.5. The fourth-order valence-corrected chi connectivity index (χ4v) is 6.51. The molecule has 1 unspecified atom stereocenters. The number of allylic oxidation sites excluding steroid dienone is 2. The second kappa shape index (κ2) is 16.6. The average molecular weight is 465 g/mol. The largest absolute Gasteiger partial charge is 0.0850 e. The summed E-state index contributed by atoms with van der Waals surface area (Å²) in [5.74, 6) is 3.09. The molecule has 1 atom stereocenters. The molecule has 0 heterocycles. The third-order valence-electron chi connectivity index (χ3n) is 9.11. The summed E-state index contributed by atoms with van der Waals surface area (Å²) in [5, 5.41) is 0. The molecule has 0 amide bonds. The normalized spacial score (nSPS) is 23.1. The molecule has 1 aromatic rings. The number of unbranched alkanes of at least 4 members (excludes halogenated alkanes) is 6. The SMILES string of the molecule is CCCCCCc1ccc(CCC2=CCC(CC[C@H]3CC[C@H](CCCCCC)CC3)CC2)cc1. The van der Waals surface area contributed by atoms with E-state index >= 15 is 0 Å². The molecule has 0 saturated heterocycles. The first kappa shape index (κ1) is 27.5. The van der Waals surface area contributed by atoms with Crippen molar-refractivity contribution in [2.45, 2.75) is 149 Å². The maximum absolute atomic E-state index is 2.63. The molecule has 2 aliphatic carbocycles. The molecule has 0 N–H and O–H groups in total. The van der Waals surface area contributed by atoms with Crippen LogP contribution >= 0.6 is 0 Å². The predicted molar refractivity (Wildman–Crippen MR) is 151 cm³/mol. The van der Waals surface area contributed by atoms with E-state index in [2.05, 4.69) is 44.2 Å². The van der Waals surface area contributed by atoms with E-state index in [1.54, 1.807) is 5.57 Å². The summed E-state index contributed by atoms with van der Waals surface area (Å²) >= 11 is 0. The fourth-order valence-electron chi connectivity index (χ4n) is 6.51. The molecule has 0 aromatic heterocycles. The van der Waals surface area contributed by atoms with Crippen molar-refractivity contribution in [2.24, 2.45) is 17.8 Å². The Morgan fingerprint density at radius 2 is 1.15 bits per heavy atom. The summed E-state index contributed by atoms with van der Waals surface area (Å²) in [7, 11) is 0. The van der Waals surface area contributed by atoms with Gasteiger partial charge in [-0.3, -0.25) is 0 Å². The van der Waals surface area contributed by atoms with E-state index < -0.39 is 0 Å². The second-order valence-corrected chi connectivity index (χ2v) is 11.9. The van der Waals surface area contributed by atoms with E-state index in [-0.39, 0.29) is 0 Å². The number of hydrogen-bond acceptors (Lipinski definition) is 0. The van der Waals surface area contributed by atoms with E-state index in [0.29, 0.717) is 0 Å². The lowest BCUT2D eigenvalue weighted by molar-refractivity contribution is 0.234. The van der Waals surface area contributed by atoms with Crippen LogP contribution in [0.3, 0.4) is 0 Å². The zero-order chi connectivity index (χ0) is 23.8. The van der Waals surface area contributed by atoms with Crippen LogP contribution in [-0.2, 0) is 12.8 Å². The quantitative estimate of drug-likeness (QED) is 0.168. The van der Waals surface area contributed by atoms with Gasteiger partial charge in [0.05, 0.1) is 0 Å². The molecular weight excluding hydrogens is 408 g/mol. The summed E-state index contributed by atoms with van der Waals surface area (Å²) < 4.78 is 0. The lowest BCUT2D eigenvalue weighted by atomic mass is 9.76. The van der Waals surface area contributed by atoms with Crippen LogP contribution in [0.4, 0.5) is 0 Å². The molecule has 2 aliphatic rings. The van der Waals surface area contributed by atoms with E-state index in [4.69, 9.17) is 0 Å². The number of benzene rings is 1. The molecule has 1 aromatic carbocycles. The Hall–Kier alpha value is -1.04. The van der Waals surface area contributed by atoms with Crippen molar-refractivity contribution in [3.63, 3.8) is 0 Å². The number of hydrogen-bond donors (Lipinski definition) is 0. The Kier molecular flexibility index (Phi) is 13.4. The van der Waals surface area contributed by atoms with E-state index in [1.165, 1.54) is 146 Å². The van der Waals surface area contributed by atoms with Crippen LogP contribution in [-0.4, -0.2) is 0 Å².